The summed E-state index contributed by atoms with van der Waals surface area (Å²) in [5.41, 5.74) is 2.00. The fourth-order valence-electron chi connectivity index (χ4n) is 2.61. The summed E-state index contributed by atoms with van der Waals surface area (Å²) in [4.78, 5) is 24.1. The van der Waals surface area contributed by atoms with Crippen LogP contribution in [0.1, 0.15) is 28.8 Å². The predicted molar refractivity (Wildman–Crippen MR) is 111 cm³/mol. The normalized spacial score (nSPS) is 10.4. The van der Waals surface area contributed by atoms with E-state index in [0.717, 1.165) is 5.56 Å². The molecule has 29 heavy (non-hydrogen) atoms. The number of hydrogen-bond donors (Lipinski definition) is 1. The van der Waals surface area contributed by atoms with Crippen molar-refractivity contribution in [3.63, 3.8) is 0 Å². The molecule has 1 N–H and O–H groups in total. The molecule has 0 aliphatic heterocycles. The van der Waals surface area contributed by atoms with Gasteiger partial charge in [0.1, 0.15) is 18.2 Å². The van der Waals surface area contributed by atoms with E-state index < -0.39 is 5.82 Å². The number of carbonyl (C=O) groups excluding carboxylic acids is 2. The zero-order valence-corrected chi connectivity index (χ0v) is 16.3. The Morgan fingerprint density at radius 3 is 2.17 bits per heavy atom. The lowest BCUT2D eigenvalue weighted by molar-refractivity contribution is -0.116. The molecule has 0 atom stereocenters. The van der Waals surface area contributed by atoms with Gasteiger partial charge in [-0.25, -0.2) is 4.39 Å². The number of amides is 1. The van der Waals surface area contributed by atoms with Crippen molar-refractivity contribution in [2.24, 2.45) is 0 Å². The second-order valence-electron chi connectivity index (χ2n) is 6.42. The monoisotopic (exact) mass is 411 g/mol. The second kappa shape index (κ2) is 9.85. The Hall–Kier alpha value is -3.18. The summed E-state index contributed by atoms with van der Waals surface area (Å²) < 4.78 is 18.6. The number of benzene rings is 3. The zero-order chi connectivity index (χ0) is 20.6. The van der Waals surface area contributed by atoms with Crippen LogP contribution in [-0.4, -0.2) is 11.7 Å². The molecule has 0 spiro atoms. The first-order chi connectivity index (χ1) is 14.0. The van der Waals surface area contributed by atoms with Crippen LogP contribution < -0.4 is 10.1 Å². The molecule has 0 unspecified atom stereocenters. The van der Waals surface area contributed by atoms with Crippen LogP contribution in [0.2, 0.25) is 5.02 Å². The molecule has 6 heteroatoms. The molecule has 1 amide bonds. The van der Waals surface area contributed by atoms with Crippen molar-refractivity contribution in [2.75, 3.05) is 5.32 Å². The van der Waals surface area contributed by atoms with Gasteiger partial charge in [0.15, 0.2) is 5.78 Å². The minimum atomic E-state index is -0.403. The number of rotatable bonds is 8. The van der Waals surface area contributed by atoms with Gasteiger partial charge in [-0.15, -0.1) is 0 Å². The van der Waals surface area contributed by atoms with Gasteiger partial charge in [-0.1, -0.05) is 23.7 Å². The average molecular weight is 412 g/mol. The topological polar surface area (TPSA) is 55.4 Å². The molecule has 0 saturated carbocycles. The van der Waals surface area contributed by atoms with E-state index in [4.69, 9.17) is 16.3 Å². The van der Waals surface area contributed by atoms with Gasteiger partial charge in [-0.2, -0.15) is 0 Å². The molecule has 0 bridgehead atoms. The molecule has 3 aromatic rings. The van der Waals surface area contributed by atoms with Gasteiger partial charge < -0.3 is 10.1 Å². The van der Waals surface area contributed by atoms with E-state index >= 15 is 0 Å². The summed E-state index contributed by atoms with van der Waals surface area (Å²) >= 11 is 5.86. The summed E-state index contributed by atoms with van der Waals surface area (Å²) in [5.74, 6) is -0.203. The number of nitrogens with one attached hydrogen (secondary N) is 1. The maximum Gasteiger partial charge on any atom is 0.224 e. The van der Waals surface area contributed by atoms with E-state index in [2.05, 4.69) is 5.32 Å². The predicted octanol–water partition coefficient (Wildman–Crippen LogP) is 5.66. The Labute approximate surface area is 173 Å². The fourth-order valence-corrected chi connectivity index (χ4v) is 2.74. The van der Waals surface area contributed by atoms with Crippen LogP contribution in [0.3, 0.4) is 0 Å². The van der Waals surface area contributed by atoms with Crippen LogP contribution in [0.15, 0.2) is 72.8 Å². The highest BCUT2D eigenvalue weighted by atomic mass is 35.5. The van der Waals surface area contributed by atoms with Gasteiger partial charge in [-0.05, 0) is 66.2 Å². The van der Waals surface area contributed by atoms with Crippen molar-refractivity contribution in [3.8, 4) is 5.75 Å². The summed E-state index contributed by atoms with van der Waals surface area (Å²) in [6.07, 6.45) is 0.102. The third-order valence-corrected chi connectivity index (χ3v) is 4.45. The molecular weight excluding hydrogens is 393 g/mol. The van der Waals surface area contributed by atoms with E-state index in [9.17, 15) is 14.0 Å². The maximum absolute atomic E-state index is 12.9. The Morgan fingerprint density at radius 2 is 1.52 bits per heavy atom. The van der Waals surface area contributed by atoms with Gasteiger partial charge in [0.25, 0.3) is 0 Å². The zero-order valence-electron chi connectivity index (χ0n) is 15.5. The Morgan fingerprint density at radius 1 is 0.862 bits per heavy atom. The minimum Gasteiger partial charge on any atom is -0.489 e. The first kappa shape index (κ1) is 20.6. The molecule has 3 aromatic carbocycles. The van der Waals surface area contributed by atoms with Crippen molar-refractivity contribution in [1.29, 1.82) is 0 Å². The first-order valence-electron chi connectivity index (χ1n) is 9.05. The molecule has 3 rings (SSSR count). The van der Waals surface area contributed by atoms with Crippen LogP contribution in [0.25, 0.3) is 0 Å². The van der Waals surface area contributed by atoms with Crippen LogP contribution >= 0.6 is 11.6 Å². The molecule has 4 nitrogen and oxygen atoms in total. The summed E-state index contributed by atoms with van der Waals surface area (Å²) in [6, 6.07) is 19.7. The number of ether oxygens (including phenoxy) is 1. The Kier molecular flexibility index (Phi) is 6.98. The van der Waals surface area contributed by atoms with Crippen LogP contribution in [-0.2, 0) is 11.4 Å². The number of hydrogen-bond acceptors (Lipinski definition) is 3. The molecule has 0 aliphatic carbocycles. The molecule has 0 saturated heterocycles. The third-order valence-electron chi connectivity index (χ3n) is 4.20. The molecule has 0 radical (unpaired) electrons. The van der Waals surface area contributed by atoms with Crippen LogP contribution in [0.4, 0.5) is 10.1 Å². The van der Waals surface area contributed by atoms with Crippen molar-refractivity contribution in [1.82, 2.24) is 0 Å². The van der Waals surface area contributed by atoms with E-state index in [1.165, 1.54) is 24.3 Å². The lowest BCUT2D eigenvalue weighted by Crippen LogP contribution is -2.13. The quantitative estimate of drug-likeness (QED) is 0.486. The van der Waals surface area contributed by atoms with E-state index in [0.29, 0.717) is 28.6 Å². The standard InChI is InChI=1S/C23H19ClFNO3/c24-18-5-1-16(2-6-18)15-29-21-11-9-20(10-12-21)26-23(28)14-13-22(27)17-3-7-19(25)8-4-17/h1-12H,13-15H2,(H,26,28). The van der Waals surface area contributed by atoms with Gasteiger partial charge in [0.2, 0.25) is 5.91 Å². The smallest absolute Gasteiger partial charge is 0.224 e. The van der Waals surface area contributed by atoms with Gasteiger partial charge >= 0.3 is 0 Å². The Balaban J connectivity index is 1.45. The van der Waals surface area contributed by atoms with Crippen LogP contribution in [0, 0.1) is 5.82 Å². The van der Waals surface area contributed by atoms with Crippen LogP contribution in [0.5, 0.6) is 5.75 Å². The summed E-state index contributed by atoms with van der Waals surface area (Å²) in [6.45, 7) is 0.411. The number of ketones is 1. The molecule has 0 aliphatic rings. The fraction of sp³-hybridized carbons (Fsp3) is 0.130. The Bertz CT molecular complexity index is 971. The minimum absolute atomic E-state index is 0.0467. The lowest BCUT2D eigenvalue weighted by atomic mass is 10.1. The van der Waals surface area contributed by atoms with E-state index in [-0.39, 0.29) is 24.5 Å². The largest absolute Gasteiger partial charge is 0.489 e. The average Bonchev–Trinajstić information content (AvgIpc) is 2.73. The number of anilines is 1. The van der Waals surface area contributed by atoms with Crippen molar-refractivity contribution < 1.29 is 18.7 Å². The number of carbonyl (C=O) groups is 2. The van der Waals surface area contributed by atoms with Crippen molar-refractivity contribution >= 4 is 29.0 Å². The van der Waals surface area contributed by atoms with E-state index in [1.807, 2.05) is 12.1 Å². The third kappa shape index (κ3) is 6.43. The lowest BCUT2D eigenvalue weighted by Gasteiger charge is -2.09. The molecule has 0 fully saturated rings. The molecule has 148 valence electrons. The highest BCUT2D eigenvalue weighted by Gasteiger charge is 2.10. The SMILES string of the molecule is O=C(CCC(=O)c1ccc(F)cc1)Nc1ccc(OCc2ccc(Cl)cc2)cc1. The highest BCUT2D eigenvalue weighted by Crippen LogP contribution is 2.18. The first-order valence-corrected chi connectivity index (χ1v) is 9.43. The van der Waals surface area contributed by atoms with Crippen molar-refractivity contribution in [3.05, 3.63) is 94.8 Å². The van der Waals surface area contributed by atoms with Gasteiger partial charge in [0, 0.05) is 29.1 Å². The summed E-state index contributed by atoms with van der Waals surface area (Å²) in [5, 5.41) is 3.42. The second-order valence-corrected chi connectivity index (χ2v) is 6.85. The number of halogens is 2. The molecule has 0 aromatic heterocycles. The molecule has 0 heterocycles. The highest BCUT2D eigenvalue weighted by molar-refractivity contribution is 6.30. The number of Topliss-reactive ketones (excluding diaryl/α,β-unsaturated/α-hetero) is 1. The van der Waals surface area contributed by atoms with Gasteiger partial charge in [0.05, 0.1) is 0 Å². The summed E-state index contributed by atoms with van der Waals surface area (Å²) in [7, 11) is 0. The molecular formula is C23H19ClFNO3. The van der Waals surface area contributed by atoms with Crippen molar-refractivity contribution in [2.45, 2.75) is 19.4 Å². The maximum atomic E-state index is 12.9. The van der Waals surface area contributed by atoms with Gasteiger partial charge in [-0.3, -0.25) is 9.59 Å². The van der Waals surface area contributed by atoms with E-state index in [1.54, 1.807) is 36.4 Å².